The fourth-order valence-corrected chi connectivity index (χ4v) is 2.89. The van der Waals surface area contributed by atoms with Crippen LogP contribution in [-0.4, -0.2) is 16.9 Å². The van der Waals surface area contributed by atoms with Gasteiger partial charge in [0.1, 0.15) is 11.6 Å². The molecule has 21 heavy (non-hydrogen) atoms. The van der Waals surface area contributed by atoms with E-state index in [2.05, 4.69) is 10.3 Å². The number of nitriles is 1. The largest absolute Gasteiger partial charge is 0.362 e. The first-order valence-corrected chi connectivity index (χ1v) is 7.69. The first-order chi connectivity index (χ1) is 10.1. The summed E-state index contributed by atoms with van der Waals surface area (Å²) in [5.41, 5.74) is 3.09. The zero-order chi connectivity index (χ0) is 15.2. The van der Waals surface area contributed by atoms with Gasteiger partial charge in [-0.15, -0.1) is 0 Å². The van der Waals surface area contributed by atoms with Crippen molar-refractivity contribution in [3.63, 3.8) is 0 Å². The second kappa shape index (κ2) is 7.12. The van der Waals surface area contributed by atoms with Crippen molar-refractivity contribution < 1.29 is 4.79 Å². The van der Waals surface area contributed by atoms with Crippen LogP contribution in [0.1, 0.15) is 55.5 Å². The van der Waals surface area contributed by atoms with Crippen LogP contribution in [0.3, 0.4) is 0 Å². The number of nitrogens with zero attached hydrogens (tertiary/aromatic N) is 1. The van der Waals surface area contributed by atoms with Crippen molar-refractivity contribution in [2.24, 2.45) is 0 Å². The van der Waals surface area contributed by atoms with Gasteiger partial charge in [0.05, 0.1) is 0 Å². The van der Waals surface area contributed by atoms with E-state index in [1.54, 1.807) is 6.08 Å². The molecule has 0 atom stereocenters. The molecule has 4 heteroatoms. The van der Waals surface area contributed by atoms with E-state index >= 15 is 0 Å². The summed E-state index contributed by atoms with van der Waals surface area (Å²) in [6.45, 7) is 3.90. The van der Waals surface area contributed by atoms with Crippen molar-refractivity contribution in [1.29, 1.82) is 5.26 Å². The Morgan fingerprint density at radius 1 is 1.33 bits per heavy atom. The predicted octanol–water partition coefficient (Wildman–Crippen LogP) is 3.38. The maximum absolute atomic E-state index is 12.3. The predicted molar refractivity (Wildman–Crippen MR) is 83.5 cm³/mol. The summed E-state index contributed by atoms with van der Waals surface area (Å²) >= 11 is 0. The van der Waals surface area contributed by atoms with Crippen molar-refractivity contribution >= 4 is 12.0 Å². The number of amides is 1. The molecule has 112 valence electrons. The molecule has 0 bridgehead atoms. The minimum atomic E-state index is -0.248. The van der Waals surface area contributed by atoms with E-state index in [0.29, 0.717) is 0 Å². The summed E-state index contributed by atoms with van der Waals surface area (Å²) < 4.78 is 0. The number of rotatable bonds is 3. The van der Waals surface area contributed by atoms with Crippen molar-refractivity contribution in [3.8, 4) is 6.07 Å². The first kappa shape index (κ1) is 15.4. The van der Waals surface area contributed by atoms with Crippen molar-refractivity contribution in [3.05, 3.63) is 28.6 Å². The van der Waals surface area contributed by atoms with Gasteiger partial charge in [0.15, 0.2) is 0 Å². The number of nitrogens with one attached hydrogen (secondary N) is 2. The number of aromatic nitrogens is 1. The van der Waals surface area contributed by atoms with Crippen LogP contribution in [-0.2, 0) is 4.79 Å². The van der Waals surface area contributed by atoms with Gasteiger partial charge in [0, 0.05) is 17.4 Å². The molecule has 1 aromatic rings. The van der Waals surface area contributed by atoms with E-state index < -0.39 is 0 Å². The topological polar surface area (TPSA) is 68.7 Å². The van der Waals surface area contributed by atoms with E-state index in [1.165, 1.54) is 12.8 Å². The lowest BCUT2D eigenvalue weighted by Crippen LogP contribution is -2.35. The van der Waals surface area contributed by atoms with E-state index in [1.807, 2.05) is 26.0 Å². The van der Waals surface area contributed by atoms with Crippen molar-refractivity contribution in [1.82, 2.24) is 10.3 Å². The van der Waals surface area contributed by atoms with E-state index in [9.17, 15) is 10.1 Å². The molecule has 1 heterocycles. The third-order valence-corrected chi connectivity index (χ3v) is 4.04. The van der Waals surface area contributed by atoms with Gasteiger partial charge in [-0.2, -0.15) is 5.26 Å². The van der Waals surface area contributed by atoms with Crippen LogP contribution in [0, 0.1) is 25.2 Å². The highest BCUT2D eigenvalue weighted by Crippen LogP contribution is 2.18. The molecule has 1 aromatic heterocycles. The smallest absolute Gasteiger partial charge is 0.262 e. The van der Waals surface area contributed by atoms with Crippen molar-refractivity contribution in [2.75, 3.05) is 0 Å². The lowest BCUT2D eigenvalue weighted by molar-refractivity contribution is -0.117. The van der Waals surface area contributed by atoms with Gasteiger partial charge in [-0.05, 0) is 44.4 Å². The molecule has 2 rings (SSSR count). The molecule has 0 radical (unpaired) electrons. The quantitative estimate of drug-likeness (QED) is 0.508. The molecule has 0 saturated heterocycles. The Balaban J connectivity index is 2.08. The Labute approximate surface area is 126 Å². The maximum atomic E-state index is 12.3. The van der Waals surface area contributed by atoms with Crippen LogP contribution in [0.2, 0.25) is 0 Å². The Morgan fingerprint density at radius 2 is 2.00 bits per heavy atom. The van der Waals surface area contributed by atoms with Gasteiger partial charge < -0.3 is 10.3 Å². The normalized spacial score (nSPS) is 17.1. The van der Waals surface area contributed by atoms with Gasteiger partial charge in [-0.1, -0.05) is 25.7 Å². The third kappa shape index (κ3) is 4.22. The summed E-state index contributed by atoms with van der Waals surface area (Å²) in [6, 6.07) is 4.19. The number of H-pyrrole nitrogens is 1. The molecule has 4 nitrogen and oxygen atoms in total. The highest BCUT2D eigenvalue weighted by atomic mass is 16.1. The summed E-state index contributed by atoms with van der Waals surface area (Å²) in [4.78, 5) is 15.4. The van der Waals surface area contributed by atoms with Crippen LogP contribution >= 0.6 is 0 Å². The number of carbonyl (C=O) groups excluding carboxylic acids is 1. The first-order valence-electron chi connectivity index (χ1n) is 7.69. The number of aryl methyl sites for hydroxylation is 2. The molecule has 0 unspecified atom stereocenters. The average molecular weight is 285 g/mol. The molecule has 1 amide bonds. The van der Waals surface area contributed by atoms with E-state index in [-0.39, 0.29) is 17.5 Å². The molecule has 1 aliphatic rings. The highest BCUT2D eigenvalue weighted by molar-refractivity contribution is 6.01. The summed E-state index contributed by atoms with van der Waals surface area (Å²) in [6.07, 6.45) is 8.52. The molecule has 2 N–H and O–H groups in total. The SMILES string of the molecule is Cc1cc(/C=C(/C#N)C(=O)NC2CCCCCC2)c(C)[nH]1. The van der Waals surface area contributed by atoms with Crippen LogP contribution in [0.25, 0.3) is 6.08 Å². The Morgan fingerprint density at radius 3 is 2.52 bits per heavy atom. The van der Waals surface area contributed by atoms with Gasteiger partial charge in [-0.25, -0.2) is 0 Å². The Hall–Kier alpha value is -2.02. The van der Waals surface area contributed by atoms with Crippen LogP contribution in [0.4, 0.5) is 0 Å². The second-order valence-corrected chi connectivity index (χ2v) is 5.86. The second-order valence-electron chi connectivity index (χ2n) is 5.86. The average Bonchev–Trinajstić information content (AvgIpc) is 2.66. The third-order valence-electron chi connectivity index (χ3n) is 4.04. The molecule has 1 aliphatic carbocycles. The minimum Gasteiger partial charge on any atom is -0.362 e. The number of hydrogen-bond acceptors (Lipinski definition) is 2. The summed E-state index contributed by atoms with van der Waals surface area (Å²) in [7, 11) is 0. The van der Waals surface area contributed by atoms with Gasteiger partial charge in [0.2, 0.25) is 0 Å². The van der Waals surface area contributed by atoms with E-state index in [4.69, 9.17) is 0 Å². The number of carbonyl (C=O) groups is 1. The van der Waals surface area contributed by atoms with Gasteiger partial charge >= 0.3 is 0 Å². The lowest BCUT2D eigenvalue weighted by atomic mass is 10.1. The summed E-state index contributed by atoms with van der Waals surface area (Å²) in [5, 5.41) is 12.3. The standard InChI is InChI=1S/C17H23N3O/c1-12-9-14(13(2)19-12)10-15(11-18)17(21)20-16-7-5-3-4-6-8-16/h9-10,16,19H,3-8H2,1-2H3,(H,20,21)/b15-10-. The molecule has 1 fully saturated rings. The Bertz CT molecular complexity index is 569. The Kier molecular flexibility index (Phi) is 5.21. The van der Waals surface area contributed by atoms with Gasteiger partial charge in [0.25, 0.3) is 5.91 Å². The zero-order valence-electron chi connectivity index (χ0n) is 12.8. The molecular formula is C17H23N3O. The highest BCUT2D eigenvalue weighted by Gasteiger charge is 2.17. The molecular weight excluding hydrogens is 262 g/mol. The number of hydrogen-bond donors (Lipinski definition) is 2. The minimum absolute atomic E-state index is 0.182. The molecule has 0 spiro atoms. The van der Waals surface area contributed by atoms with Crippen LogP contribution in [0.5, 0.6) is 0 Å². The van der Waals surface area contributed by atoms with Crippen LogP contribution < -0.4 is 5.32 Å². The van der Waals surface area contributed by atoms with Crippen LogP contribution in [0.15, 0.2) is 11.6 Å². The molecule has 0 aromatic carbocycles. The van der Waals surface area contributed by atoms with Crippen molar-refractivity contribution in [2.45, 2.75) is 58.4 Å². The van der Waals surface area contributed by atoms with E-state index in [0.717, 1.165) is 42.6 Å². The fraction of sp³-hybridized carbons (Fsp3) is 0.529. The van der Waals surface area contributed by atoms with Gasteiger partial charge in [-0.3, -0.25) is 4.79 Å². The molecule has 1 saturated carbocycles. The zero-order valence-corrected chi connectivity index (χ0v) is 12.8. The fourth-order valence-electron chi connectivity index (χ4n) is 2.89. The lowest BCUT2D eigenvalue weighted by Gasteiger charge is -2.15. The molecule has 0 aliphatic heterocycles. The maximum Gasteiger partial charge on any atom is 0.262 e. The number of aromatic amines is 1. The summed E-state index contributed by atoms with van der Waals surface area (Å²) in [5.74, 6) is -0.248. The monoisotopic (exact) mass is 285 g/mol.